The summed E-state index contributed by atoms with van der Waals surface area (Å²) in [5.41, 5.74) is 3.03. The van der Waals surface area contributed by atoms with Gasteiger partial charge in [0.25, 0.3) is 5.91 Å². The van der Waals surface area contributed by atoms with E-state index in [1.54, 1.807) is 6.20 Å². The SMILES string of the molecule is CCc1cccc(C)c1NC(=O)/C(C#N)=C\NC1CCCC1. The molecule has 2 N–H and O–H groups in total. The molecular weight excluding hydrogens is 274 g/mol. The number of nitrogens with zero attached hydrogens (tertiary/aromatic N) is 1. The van der Waals surface area contributed by atoms with E-state index < -0.39 is 0 Å². The molecule has 1 fully saturated rings. The lowest BCUT2D eigenvalue weighted by molar-refractivity contribution is -0.112. The number of anilines is 1. The molecule has 0 heterocycles. The Morgan fingerprint density at radius 3 is 2.77 bits per heavy atom. The summed E-state index contributed by atoms with van der Waals surface area (Å²) in [6.45, 7) is 4.01. The van der Waals surface area contributed by atoms with Crippen molar-refractivity contribution in [2.75, 3.05) is 5.32 Å². The normalized spacial score (nSPS) is 15.4. The van der Waals surface area contributed by atoms with E-state index in [1.165, 1.54) is 12.8 Å². The molecule has 1 aromatic carbocycles. The molecule has 2 rings (SSSR count). The summed E-state index contributed by atoms with van der Waals surface area (Å²) >= 11 is 0. The van der Waals surface area contributed by atoms with Crippen LogP contribution in [0.4, 0.5) is 5.69 Å². The van der Waals surface area contributed by atoms with Gasteiger partial charge in [0.1, 0.15) is 11.6 Å². The van der Waals surface area contributed by atoms with Crippen molar-refractivity contribution < 1.29 is 4.79 Å². The number of nitriles is 1. The van der Waals surface area contributed by atoms with Crippen LogP contribution in [0.15, 0.2) is 30.0 Å². The van der Waals surface area contributed by atoms with Crippen molar-refractivity contribution in [2.24, 2.45) is 0 Å². The summed E-state index contributed by atoms with van der Waals surface area (Å²) in [5.74, 6) is -0.350. The summed E-state index contributed by atoms with van der Waals surface area (Å²) < 4.78 is 0. The molecule has 1 aliphatic carbocycles. The van der Waals surface area contributed by atoms with Crippen molar-refractivity contribution in [1.82, 2.24) is 5.32 Å². The van der Waals surface area contributed by atoms with Gasteiger partial charge in [-0.2, -0.15) is 5.26 Å². The first-order valence-corrected chi connectivity index (χ1v) is 7.91. The summed E-state index contributed by atoms with van der Waals surface area (Å²) in [6, 6.07) is 8.31. The van der Waals surface area contributed by atoms with Crippen molar-refractivity contribution >= 4 is 11.6 Å². The number of benzene rings is 1. The molecule has 4 nitrogen and oxygen atoms in total. The van der Waals surface area contributed by atoms with Crippen molar-refractivity contribution in [3.63, 3.8) is 0 Å². The van der Waals surface area contributed by atoms with Crippen LogP contribution in [0.5, 0.6) is 0 Å². The van der Waals surface area contributed by atoms with Gasteiger partial charge in [0.05, 0.1) is 0 Å². The smallest absolute Gasteiger partial charge is 0.267 e. The Morgan fingerprint density at radius 1 is 1.41 bits per heavy atom. The topological polar surface area (TPSA) is 64.9 Å². The molecule has 0 radical (unpaired) electrons. The molecule has 1 saturated carbocycles. The standard InChI is InChI=1S/C18H23N3O/c1-3-14-8-6-7-13(2)17(14)21-18(22)15(11-19)12-20-16-9-4-5-10-16/h6-8,12,16,20H,3-5,9-10H2,1-2H3,(H,21,22)/b15-12-. The number of carbonyl (C=O) groups excluding carboxylic acids is 1. The first-order valence-electron chi connectivity index (χ1n) is 7.91. The van der Waals surface area contributed by atoms with Crippen LogP contribution in [0, 0.1) is 18.3 Å². The second kappa shape index (κ2) is 7.65. The summed E-state index contributed by atoms with van der Waals surface area (Å²) in [5, 5.41) is 15.3. The van der Waals surface area contributed by atoms with E-state index in [0.29, 0.717) is 6.04 Å². The summed E-state index contributed by atoms with van der Waals surface area (Å²) in [6.07, 6.45) is 7.03. The van der Waals surface area contributed by atoms with E-state index in [4.69, 9.17) is 0 Å². The molecule has 0 aliphatic heterocycles. The van der Waals surface area contributed by atoms with E-state index in [-0.39, 0.29) is 11.5 Å². The van der Waals surface area contributed by atoms with Crippen LogP contribution >= 0.6 is 0 Å². The minimum atomic E-state index is -0.350. The fourth-order valence-corrected chi connectivity index (χ4v) is 2.83. The van der Waals surface area contributed by atoms with Crippen LogP contribution in [0.25, 0.3) is 0 Å². The first kappa shape index (κ1) is 16.1. The maximum Gasteiger partial charge on any atom is 0.267 e. The Kier molecular flexibility index (Phi) is 5.60. The lowest BCUT2D eigenvalue weighted by atomic mass is 10.1. The molecule has 1 aliphatic rings. The van der Waals surface area contributed by atoms with Crippen LogP contribution < -0.4 is 10.6 Å². The van der Waals surface area contributed by atoms with Gasteiger partial charge >= 0.3 is 0 Å². The third-order valence-corrected chi connectivity index (χ3v) is 4.16. The van der Waals surface area contributed by atoms with Crippen LogP contribution in [-0.2, 0) is 11.2 Å². The highest BCUT2D eigenvalue weighted by atomic mass is 16.1. The number of hydrogen-bond acceptors (Lipinski definition) is 3. The minimum absolute atomic E-state index is 0.122. The Balaban J connectivity index is 2.09. The van der Waals surface area contributed by atoms with Gasteiger partial charge in [-0.15, -0.1) is 0 Å². The van der Waals surface area contributed by atoms with E-state index in [0.717, 1.165) is 36.1 Å². The highest BCUT2D eigenvalue weighted by molar-refractivity contribution is 6.07. The monoisotopic (exact) mass is 297 g/mol. The fourth-order valence-electron chi connectivity index (χ4n) is 2.83. The molecule has 0 aromatic heterocycles. The van der Waals surface area contributed by atoms with E-state index in [9.17, 15) is 10.1 Å². The van der Waals surface area contributed by atoms with E-state index in [2.05, 4.69) is 10.6 Å². The largest absolute Gasteiger partial charge is 0.387 e. The number of rotatable bonds is 5. The van der Waals surface area contributed by atoms with Crippen LogP contribution in [0.3, 0.4) is 0 Å². The first-order chi connectivity index (χ1) is 10.7. The van der Waals surface area contributed by atoms with Gasteiger partial charge in [0.15, 0.2) is 0 Å². The highest BCUT2D eigenvalue weighted by Gasteiger charge is 2.16. The van der Waals surface area contributed by atoms with Crippen molar-refractivity contribution in [3.05, 3.63) is 41.1 Å². The lowest BCUT2D eigenvalue weighted by Crippen LogP contribution is -2.23. The van der Waals surface area contributed by atoms with Gasteiger partial charge in [0.2, 0.25) is 0 Å². The Morgan fingerprint density at radius 2 is 2.14 bits per heavy atom. The molecule has 0 atom stereocenters. The predicted molar refractivity (Wildman–Crippen MR) is 88.3 cm³/mol. The zero-order valence-electron chi connectivity index (χ0n) is 13.3. The summed E-state index contributed by atoms with van der Waals surface area (Å²) in [4.78, 5) is 12.3. The molecule has 0 bridgehead atoms. The van der Waals surface area contributed by atoms with Crippen LogP contribution in [0.2, 0.25) is 0 Å². The average Bonchev–Trinajstić information content (AvgIpc) is 3.03. The van der Waals surface area contributed by atoms with Gasteiger partial charge in [-0.3, -0.25) is 4.79 Å². The van der Waals surface area contributed by atoms with Gasteiger partial charge in [0, 0.05) is 17.9 Å². The second-order valence-electron chi connectivity index (χ2n) is 5.73. The molecule has 0 unspecified atom stereocenters. The molecule has 0 saturated heterocycles. The Bertz CT molecular complexity index is 607. The number of carbonyl (C=O) groups is 1. The molecule has 4 heteroatoms. The maximum absolute atomic E-state index is 12.3. The lowest BCUT2D eigenvalue weighted by Gasteiger charge is -2.13. The van der Waals surface area contributed by atoms with Crippen LogP contribution in [0.1, 0.15) is 43.7 Å². The van der Waals surface area contributed by atoms with Crippen LogP contribution in [-0.4, -0.2) is 11.9 Å². The van der Waals surface area contributed by atoms with Gasteiger partial charge < -0.3 is 10.6 Å². The molecule has 1 aromatic rings. The minimum Gasteiger partial charge on any atom is -0.387 e. The number of nitrogens with one attached hydrogen (secondary N) is 2. The third kappa shape index (κ3) is 3.88. The average molecular weight is 297 g/mol. The zero-order chi connectivity index (χ0) is 15.9. The molecule has 1 amide bonds. The van der Waals surface area contributed by atoms with Crippen molar-refractivity contribution in [2.45, 2.75) is 52.0 Å². The number of aryl methyl sites for hydroxylation is 2. The number of hydrogen-bond donors (Lipinski definition) is 2. The molecule has 116 valence electrons. The van der Waals surface area contributed by atoms with Gasteiger partial charge in [-0.1, -0.05) is 38.0 Å². The number of para-hydroxylation sites is 1. The van der Waals surface area contributed by atoms with E-state index in [1.807, 2.05) is 38.1 Å². The zero-order valence-corrected chi connectivity index (χ0v) is 13.3. The van der Waals surface area contributed by atoms with Crippen molar-refractivity contribution in [1.29, 1.82) is 5.26 Å². The highest BCUT2D eigenvalue weighted by Crippen LogP contribution is 2.22. The predicted octanol–water partition coefficient (Wildman–Crippen LogP) is 3.44. The van der Waals surface area contributed by atoms with E-state index >= 15 is 0 Å². The van der Waals surface area contributed by atoms with Gasteiger partial charge in [-0.05, 0) is 37.3 Å². The number of amides is 1. The second-order valence-corrected chi connectivity index (χ2v) is 5.73. The quantitative estimate of drug-likeness (QED) is 0.646. The van der Waals surface area contributed by atoms with Crippen molar-refractivity contribution in [3.8, 4) is 6.07 Å². The molecule has 0 spiro atoms. The Labute approximate surface area is 132 Å². The summed E-state index contributed by atoms with van der Waals surface area (Å²) in [7, 11) is 0. The Hall–Kier alpha value is -2.28. The molecule has 22 heavy (non-hydrogen) atoms. The van der Waals surface area contributed by atoms with Gasteiger partial charge in [-0.25, -0.2) is 0 Å². The fraction of sp³-hybridized carbons (Fsp3) is 0.444. The third-order valence-electron chi connectivity index (χ3n) is 4.16. The maximum atomic E-state index is 12.3. The molecular formula is C18H23N3O.